The summed E-state index contributed by atoms with van der Waals surface area (Å²) in [6, 6.07) is 7.70. The van der Waals surface area contributed by atoms with Crippen LogP contribution < -0.4 is 4.74 Å². The lowest BCUT2D eigenvalue weighted by molar-refractivity contribution is 0.204. The number of aliphatic hydroxyl groups is 2. The molecule has 1 fully saturated rings. The summed E-state index contributed by atoms with van der Waals surface area (Å²) >= 11 is 0. The van der Waals surface area contributed by atoms with Gasteiger partial charge in [-0.3, -0.25) is 4.90 Å². The second-order valence-electron chi connectivity index (χ2n) is 5.29. The Labute approximate surface area is 126 Å². The van der Waals surface area contributed by atoms with Crippen LogP contribution in [0.25, 0.3) is 0 Å². The van der Waals surface area contributed by atoms with Crippen LogP contribution in [0.3, 0.4) is 0 Å². The molecule has 1 aliphatic heterocycles. The van der Waals surface area contributed by atoms with Crippen molar-refractivity contribution in [3.63, 3.8) is 0 Å². The smallest absolute Gasteiger partial charge is 0.119 e. The molecule has 2 rings (SSSR count). The molecule has 0 aromatic heterocycles. The molecular weight excluding hydrogens is 266 g/mol. The molecule has 4 heteroatoms. The number of rotatable bonds is 6. The summed E-state index contributed by atoms with van der Waals surface area (Å²) in [6.07, 6.45) is 1.58. The van der Waals surface area contributed by atoms with E-state index >= 15 is 0 Å². The highest BCUT2D eigenvalue weighted by atomic mass is 16.5. The molecule has 0 spiro atoms. The molecular formula is C17H23NO3. The largest absolute Gasteiger partial charge is 0.492 e. The highest BCUT2D eigenvalue weighted by Crippen LogP contribution is 2.15. The highest BCUT2D eigenvalue weighted by Gasteiger charge is 2.20. The summed E-state index contributed by atoms with van der Waals surface area (Å²) < 4.78 is 5.73. The van der Waals surface area contributed by atoms with Crippen LogP contribution in [0.15, 0.2) is 24.3 Å². The summed E-state index contributed by atoms with van der Waals surface area (Å²) in [6.45, 7) is 3.97. The molecule has 0 radical (unpaired) electrons. The lowest BCUT2D eigenvalue weighted by atomic mass is 10.1. The van der Waals surface area contributed by atoms with Gasteiger partial charge in [-0.2, -0.15) is 0 Å². The molecule has 0 bridgehead atoms. The van der Waals surface area contributed by atoms with Gasteiger partial charge in [0, 0.05) is 31.7 Å². The third-order valence-corrected chi connectivity index (χ3v) is 3.63. The summed E-state index contributed by atoms with van der Waals surface area (Å²) in [5.74, 6) is 7.16. The SMILES string of the molecule is OCCC#Cc1ccc(OCCN2CCC(CO)C2)cc1. The van der Waals surface area contributed by atoms with Crippen LogP contribution in [-0.4, -0.2) is 54.6 Å². The topological polar surface area (TPSA) is 52.9 Å². The Balaban J connectivity index is 1.70. The monoisotopic (exact) mass is 289 g/mol. The first-order valence-electron chi connectivity index (χ1n) is 7.47. The molecule has 1 aliphatic rings. The van der Waals surface area contributed by atoms with E-state index in [2.05, 4.69) is 16.7 Å². The predicted molar refractivity (Wildman–Crippen MR) is 82.2 cm³/mol. The van der Waals surface area contributed by atoms with Crippen LogP contribution in [0.1, 0.15) is 18.4 Å². The number of hydrogen-bond donors (Lipinski definition) is 2. The van der Waals surface area contributed by atoms with Gasteiger partial charge in [-0.05, 0) is 43.1 Å². The van der Waals surface area contributed by atoms with Gasteiger partial charge >= 0.3 is 0 Å². The fourth-order valence-electron chi connectivity index (χ4n) is 2.41. The lowest BCUT2D eigenvalue weighted by Crippen LogP contribution is -2.26. The fraction of sp³-hybridized carbons (Fsp3) is 0.529. The van der Waals surface area contributed by atoms with Crippen molar-refractivity contribution in [1.82, 2.24) is 4.90 Å². The van der Waals surface area contributed by atoms with Gasteiger partial charge in [0.15, 0.2) is 0 Å². The molecule has 114 valence electrons. The van der Waals surface area contributed by atoms with E-state index in [1.807, 2.05) is 24.3 Å². The van der Waals surface area contributed by atoms with Crippen LogP contribution >= 0.6 is 0 Å². The van der Waals surface area contributed by atoms with E-state index < -0.39 is 0 Å². The van der Waals surface area contributed by atoms with Crippen molar-refractivity contribution in [1.29, 1.82) is 0 Å². The second-order valence-corrected chi connectivity index (χ2v) is 5.29. The summed E-state index contributed by atoms with van der Waals surface area (Å²) in [5, 5.41) is 17.8. The maximum Gasteiger partial charge on any atom is 0.119 e. The van der Waals surface area contributed by atoms with Crippen molar-refractivity contribution in [2.75, 3.05) is 39.5 Å². The first-order chi connectivity index (χ1) is 10.3. The first kappa shape index (κ1) is 15.8. The Bertz CT molecular complexity index is 475. The molecule has 1 atom stereocenters. The van der Waals surface area contributed by atoms with Gasteiger partial charge in [-0.1, -0.05) is 11.8 Å². The minimum Gasteiger partial charge on any atom is -0.492 e. The van der Waals surface area contributed by atoms with E-state index in [4.69, 9.17) is 14.9 Å². The molecule has 1 aromatic rings. The van der Waals surface area contributed by atoms with Crippen LogP contribution in [0.5, 0.6) is 5.75 Å². The predicted octanol–water partition coefficient (Wildman–Crippen LogP) is 1.11. The van der Waals surface area contributed by atoms with Gasteiger partial charge in [0.05, 0.1) is 6.61 Å². The van der Waals surface area contributed by atoms with Gasteiger partial charge in [0.1, 0.15) is 12.4 Å². The molecule has 0 amide bonds. The zero-order valence-corrected chi connectivity index (χ0v) is 12.3. The zero-order valence-electron chi connectivity index (χ0n) is 12.3. The molecule has 21 heavy (non-hydrogen) atoms. The fourth-order valence-corrected chi connectivity index (χ4v) is 2.41. The average Bonchev–Trinajstić information content (AvgIpc) is 2.97. The Morgan fingerprint density at radius 3 is 2.71 bits per heavy atom. The number of aliphatic hydroxyl groups excluding tert-OH is 2. The molecule has 1 aromatic carbocycles. The summed E-state index contributed by atoms with van der Waals surface area (Å²) in [4.78, 5) is 2.33. The standard InChI is InChI=1S/C17H23NO3/c19-11-2-1-3-15-4-6-17(7-5-15)21-12-10-18-9-8-16(13-18)14-20/h4-7,16,19-20H,2,8-14H2. The van der Waals surface area contributed by atoms with Crippen molar-refractivity contribution in [3.8, 4) is 17.6 Å². The number of nitrogens with zero attached hydrogens (tertiary/aromatic N) is 1. The van der Waals surface area contributed by atoms with Gasteiger partial charge in [0.2, 0.25) is 0 Å². The molecule has 2 N–H and O–H groups in total. The molecule has 0 aliphatic carbocycles. The minimum absolute atomic E-state index is 0.0990. The van der Waals surface area contributed by atoms with Crippen molar-refractivity contribution < 1.29 is 14.9 Å². The lowest BCUT2D eigenvalue weighted by Gasteiger charge is -2.15. The Morgan fingerprint density at radius 1 is 1.24 bits per heavy atom. The van der Waals surface area contributed by atoms with Crippen LogP contribution in [-0.2, 0) is 0 Å². The molecule has 1 heterocycles. The van der Waals surface area contributed by atoms with Crippen molar-refractivity contribution in [2.24, 2.45) is 5.92 Å². The molecule has 1 unspecified atom stereocenters. The van der Waals surface area contributed by atoms with Gasteiger partial charge in [-0.25, -0.2) is 0 Å². The molecule has 0 saturated carbocycles. The van der Waals surface area contributed by atoms with Crippen molar-refractivity contribution >= 4 is 0 Å². The number of hydrogen-bond acceptors (Lipinski definition) is 4. The maximum atomic E-state index is 9.11. The van der Waals surface area contributed by atoms with Crippen LogP contribution in [0.4, 0.5) is 0 Å². The van der Waals surface area contributed by atoms with E-state index in [1.165, 1.54) is 0 Å². The number of ether oxygens (including phenoxy) is 1. The van der Waals surface area contributed by atoms with E-state index in [1.54, 1.807) is 0 Å². The number of likely N-dealkylation sites (tertiary alicyclic amines) is 1. The third-order valence-electron chi connectivity index (χ3n) is 3.63. The van der Waals surface area contributed by atoms with Crippen LogP contribution in [0, 0.1) is 17.8 Å². The quantitative estimate of drug-likeness (QED) is 0.771. The Morgan fingerprint density at radius 2 is 2.05 bits per heavy atom. The van der Waals surface area contributed by atoms with E-state index in [-0.39, 0.29) is 13.2 Å². The van der Waals surface area contributed by atoms with Gasteiger partial charge in [-0.15, -0.1) is 0 Å². The average molecular weight is 289 g/mol. The van der Waals surface area contributed by atoms with E-state index in [0.717, 1.165) is 37.4 Å². The van der Waals surface area contributed by atoms with Crippen molar-refractivity contribution in [3.05, 3.63) is 29.8 Å². The van der Waals surface area contributed by atoms with Crippen molar-refractivity contribution in [2.45, 2.75) is 12.8 Å². The van der Waals surface area contributed by atoms with E-state index in [9.17, 15) is 0 Å². The molecule has 1 saturated heterocycles. The highest BCUT2D eigenvalue weighted by molar-refractivity contribution is 5.38. The van der Waals surface area contributed by atoms with Crippen LogP contribution in [0.2, 0.25) is 0 Å². The zero-order chi connectivity index (χ0) is 14.9. The number of benzene rings is 1. The third kappa shape index (κ3) is 5.39. The summed E-state index contributed by atoms with van der Waals surface area (Å²) in [5.41, 5.74) is 0.932. The normalized spacial score (nSPS) is 18.3. The van der Waals surface area contributed by atoms with Gasteiger partial charge in [0.25, 0.3) is 0 Å². The van der Waals surface area contributed by atoms with Gasteiger partial charge < -0.3 is 14.9 Å². The Kier molecular flexibility index (Phi) is 6.55. The maximum absolute atomic E-state index is 9.11. The Hall–Kier alpha value is -1.54. The first-order valence-corrected chi connectivity index (χ1v) is 7.47. The van der Waals surface area contributed by atoms with E-state index in [0.29, 0.717) is 18.9 Å². The molecule has 4 nitrogen and oxygen atoms in total. The summed E-state index contributed by atoms with van der Waals surface area (Å²) in [7, 11) is 0. The second kappa shape index (κ2) is 8.68. The minimum atomic E-state index is 0.0990.